The molecule has 4 aliphatic rings. The molecule has 22 rings (SSSR count). The fraction of sp³-hybridized carbons (Fsp3) is 0.0192. The van der Waals surface area contributed by atoms with Gasteiger partial charge in [0.05, 0.1) is 10.8 Å². The Hall–Kier alpha value is -14.9. The SMILES string of the molecule is c1ccc(-c2ccc(-c3ccc4c(c3)-c3c(-c5nc(-c6ccccc6)nc(-c6ccccc6)n5)cccc3C43c4ccccc4Oc4ccccc43)cc2)cc1.c1ccc(-c2ccc(-c3cccc4c3-c3c(-c5nc(-c6ccccc6)nc(-c6ccccc6)n5)cccc3C43c4ccccc4Oc4ccccc43)cc2)cc1. The highest BCUT2D eigenvalue weighted by atomic mass is 16.5. The first-order valence-corrected chi connectivity index (χ1v) is 37.9. The summed E-state index contributed by atoms with van der Waals surface area (Å²) in [5.41, 5.74) is 27.4. The zero-order valence-electron chi connectivity index (χ0n) is 60.6. The van der Waals surface area contributed by atoms with Crippen LogP contribution in [-0.4, -0.2) is 29.9 Å². The molecule has 0 radical (unpaired) electrons. The smallest absolute Gasteiger partial charge is 0.164 e. The minimum absolute atomic E-state index is 0.625. The molecule has 8 nitrogen and oxygen atoms in total. The normalized spacial score (nSPS) is 12.9. The summed E-state index contributed by atoms with van der Waals surface area (Å²) in [6, 6.07) is 140. The maximum absolute atomic E-state index is 6.68. The lowest BCUT2D eigenvalue weighted by atomic mass is 9.66. The third-order valence-electron chi connectivity index (χ3n) is 22.5. The van der Waals surface area contributed by atoms with Gasteiger partial charge in [-0.25, -0.2) is 29.9 Å². The van der Waals surface area contributed by atoms with Gasteiger partial charge in [0.15, 0.2) is 34.9 Å². The predicted molar refractivity (Wildman–Crippen MR) is 449 cm³/mol. The summed E-state index contributed by atoms with van der Waals surface area (Å²) in [5.74, 6) is 7.20. The van der Waals surface area contributed by atoms with Gasteiger partial charge in [-0.05, 0) is 119 Å². The first-order valence-electron chi connectivity index (χ1n) is 37.9. The number of fused-ring (bicyclic) bond motifs is 18. The van der Waals surface area contributed by atoms with Gasteiger partial charge in [-0.2, -0.15) is 0 Å². The minimum Gasteiger partial charge on any atom is -0.457 e. The molecule has 2 aromatic heterocycles. The summed E-state index contributed by atoms with van der Waals surface area (Å²) < 4.78 is 13.3. The number of aromatic nitrogens is 6. The first-order chi connectivity index (χ1) is 55.5. The Morgan fingerprint density at radius 3 is 0.777 bits per heavy atom. The van der Waals surface area contributed by atoms with E-state index in [1.165, 1.54) is 50.1 Å². The molecular formula is C104H66N6O2. The Morgan fingerprint density at radius 1 is 0.152 bits per heavy atom. The highest BCUT2D eigenvalue weighted by molar-refractivity contribution is 6.03. The van der Waals surface area contributed by atoms with Crippen LogP contribution >= 0.6 is 0 Å². The lowest BCUT2D eigenvalue weighted by molar-refractivity contribution is 0.436. The van der Waals surface area contributed by atoms with E-state index in [0.717, 1.165) is 118 Å². The van der Waals surface area contributed by atoms with Gasteiger partial charge in [-0.3, -0.25) is 0 Å². The molecular weight excluding hydrogens is 1370 g/mol. The van der Waals surface area contributed by atoms with Crippen LogP contribution in [0.15, 0.2) is 400 Å². The number of rotatable bonds is 10. The zero-order chi connectivity index (χ0) is 74.1. The highest BCUT2D eigenvalue weighted by Gasteiger charge is 2.54. The van der Waals surface area contributed by atoms with Gasteiger partial charge >= 0.3 is 0 Å². The molecule has 0 unspecified atom stereocenters. The monoisotopic (exact) mass is 1430 g/mol. The van der Waals surface area contributed by atoms with E-state index in [4.69, 9.17) is 39.4 Å². The van der Waals surface area contributed by atoms with Gasteiger partial charge in [-0.15, -0.1) is 0 Å². The molecule has 0 atom stereocenters. The van der Waals surface area contributed by atoms with E-state index in [1.807, 2.05) is 72.8 Å². The van der Waals surface area contributed by atoms with Gasteiger partial charge in [0.2, 0.25) is 0 Å². The maximum Gasteiger partial charge on any atom is 0.164 e. The Balaban J connectivity index is 0.000000141. The van der Waals surface area contributed by atoms with Crippen molar-refractivity contribution in [3.63, 3.8) is 0 Å². The molecule has 2 aliphatic heterocycles. The summed E-state index contributed by atoms with van der Waals surface area (Å²) in [4.78, 5) is 31.1. The molecule has 0 N–H and O–H groups in total. The van der Waals surface area contributed by atoms with Crippen molar-refractivity contribution in [3.05, 3.63) is 445 Å². The van der Waals surface area contributed by atoms with Gasteiger partial charge in [-0.1, -0.05) is 370 Å². The quantitative estimate of drug-likeness (QED) is 0.134. The van der Waals surface area contributed by atoms with Gasteiger partial charge < -0.3 is 9.47 Å². The topological polar surface area (TPSA) is 95.8 Å². The van der Waals surface area contributed by atoms with Gasteiger partial charge in [0.1, 0.15) is 23.0 Å². The maximum atomic E-state index is 6.68. The molecule has 0 saturated heterocycles. The van der Waals surface area contributed by atoms with Crippen LogP contribution in [0.3, 0.4) is 0 Å². The van der Waals surface area contributed by atoms with Crippen LogP contribution in [0.1, 0.15) is 44.5 Å². The van der Waals surface area contributed by atoms with E-state index < -0.39 is 10.8 Å². The standard InChI is InChI=1S/2C52H33N3O/c1-4-16-34(17-5-1)35-30-32-36(33-31-35)39-22-14-26-43-47(39)48-40(51-54-49(37-18-6-2-7-19-37)53-50(55-51)38-20-8-3-9-21-38)23-15-27-44(48)52(43)41-24-10-12-28-45(41)56-46-29-13-11-25-42(46)52;1-4-15-34(16-5-1)35-27-29-36(30-28-35)39-31-32-42-41(33-39)48-40(51-54-49(37-17-6-2-7-18-37)53-50(55-51)38-19-8-3-9-20-38)21-14-24-45(48)52(42)43-22-10-12-25-46(43)56-47-26-13-11-23-44(47)52/h2*1-33H. The molecule has 0 bridgehead atoms. The van der Waals surface area contributed by atoms with Crippen LogP contribution in [0.25, 0.3) is 135 Å². The fourth-order valence-corrected chi connectivity index (χ4v) is 17.6. The second kappa shape index (κ2) is 27.1. The zero-order valence-corrected chi connectivity index (χ0v) is 60.6. The van der Waals surface area contributed by atoms with Crippen molar-refractivity contribution in [3.8, 4) is 158 Å². The number of hydrogen-bond acceptors (Lipinski definition) is 8. The Bertz CT molecular complexity index is 6450. The molecule has 16 aromatic carbocycles. The summed E-state index contributed by atoms with van der Waals surface area (Å²) in [6.07, 6.45) is 0. The second-order valence-corrected chi connectivity index (χ2v) is 28.6. The molecule has 0 saturated carbocycles. The van der Waals surface area contributed by atoms with E-state index in [9.17, 15) is 0 Å². The number of hydrogen-bond donors (Lipinski definition) is 0. The van der Waals surface area contributed by atoms with E-state index in [1.54, 1.807) is 0 Å². The van der Waals surface area contributed by atoms with Crippen molar-refractivity contribution >= 4 is 0 Å². The Morgan fingerprint density at radius 2 is 0.402 bits per heavy atom. The minimum atomic E-state index is -0.663. The van der Waals surface area contributed by atoms with Crippen molar-refractivity contribution in [1.82, 2.24) is 29.9 Å². The summed E-state index contributed by atoms with van der Waals surface area (Å²) >= 11 is 0. The largest absolute Gasteiger partial charge is 0.457 e. The third-order valence-corrected chi connectivity index (χ3v) is 22.5. The number of ether oxygens (including phenoxy) is 2. The predicted octanol–water partition coefficient (Wildman–Crippen LogP) is 25.4. The molecule has 2 aliphatic carbocycles. The fourth-order valence-electron chi connectivity index (χ4n) is 17.6. The average Bonchev–Trinajstić information content (AvgIpc) is 1.51. The van der Waals surface area contributed by atoms with Gasteiger partial charge in [0, 0.05) is 55.6 Å². The van der Waals surface area contributed by atoms with E-state index in [2.05, 4.69) is 328 Å². The van der Waals surface area contributed by atoms with Crippen molar-refractivity contribution in [1.29, 1.82) is 0 Å². The van der Waals surface area contributed by atoms with E-state index in [-0.39, 0.29) is 0 Å². The first kappa shape index (κ1) is 65.4. The van der Waals surface area contributed by atoms with Crippen molar-refractivity contribution in [2.24, 2.45) is 0 Å². The number of nitrogens with zero attached hydrogens (tertiary/aromatic N) is 6. The highest BCUT2D eigenvalue weighted by Crippen LogP contribution is 2.66. The van der Waals surface area contributed by atoms with Gasteiger partial charge in [0.25, 0.3) is 0 Å². The van der Waals surface area contributed by atoms with Crippen LogP contribution in [0.5, 0.6) is 23.0 Å². The van der Waals surface area contributed by atoms with E-state index in [0.29, 0.717) is 34.9 Å². The van der Waals surface area contributed by atoms with Crippen molar-refractivity contribution in [2.45, 2.75) is 10.8 Å². The molecule has 4 heterocycles. The Kier molecular flexibility index (Phi) is 15.8. The molecule has 8 heteroatoms. The van der Waals surface area contributed by atoms with Crippen LogP contribution < -0.4 is 9.47 Å². The average molecular weight is 1430 g/mol. The lowest BCUT2D eigenvalue weighted by Crippen LogP contribution is -2.32. The van der Waals surface area contributed by atoms with Crippen LogP contribution in [-0.2, 0) is 10.8 Å². The second-order valence-electron chi connectivity index (χ2n) is 28.6. The van der Waals surface area contributed by atoms with Crippen LogP contribution in [0, 0.1) is 0 Å². The molecule has 2 spiro atoms. The van der Waals surface area contributed by atoms with Crippen molar-refractivity contribution < 1.29 is 9.47 Å². The van der Waals surface area contributed by atoms with Crippen LogP contribution in [0.4, 0.5) is 0 Å². The Labute approximate surface area is 649 Å². The summed E-state index contributed by atoms with van der Waals surface area (Å²) in [5, 5.41) is 0. The van der Waals surface area contributed by atoms with E-state index >= 15 is 0 Å². The summed E-state index contributed by atoms with van der Waals surface area (Å²) in [6.45, 7) is 0. The molecule has 18 aromatic rings. The molecule has 112 heavy (non-hydrogen) atoms. The number of para-hydroxylation sites is 4. The molecule has 0 amide bonds. The lowest BCUT2D eigenvalue weighted by Gasteiger charge is -2.39. The van der Waals surface area contributed by atoms with Crippen molar-refractivity contribution in [2.75, 3.05) is 0 Å². The van der Waals surface area contributed by atoms with Crippen LogP contribution in [0.2, 0.25) is 0 Å². The third kappa shape index (κ3) is 10.7. The summed E-state index contributed by atoms with van der Waals surface area (Å²) in [7, 11) is 0. The number of benzene rings is 16. The molecule has 524 valence electrons. The molecule has 0 fully saturated rings.